The summed E-state index contributed by atoms with van der Waals surface area (Å²) in [5.41, 5.74) is 1.80. The second-order valence-corrected chi connectivity index (χ2v) is 8.09. The van der Waals surface area contributed by atoms with Gasteiger partial charge in [0.15, 0.2) is 0 Å². The zero-order valence-electron chi connectivity index (χ0n) is 15.7. The number of rotatable bonds is 8. The van der Waals surface area contributed by atoms with E-state index in [0.29, 0.717) is 16.6 Å². The molecule has 0 atom stereocenters. The summed E-state index contributed by atoms with van der Waals surface area (Å²) in [5, 5.41) is 17.2. The van der Waals surface area contributed by atoms with Crippen LogP contribution in [0.2, 0.25) is 10.0 Å². The highest BCUT2D eigenvalue weighted by molar-refractivity contribution is 7.99. The molecular formula is C20H18Cl3N5OS. The summed E-state index contributed by atoms with van der Waals surface area (Å²) in [6, 6.07) is 19.1. The van der Waals surface area contributed by atoms with Gasteiger partial charge in [-0.2, -0.15) is 4.68 Å². The number of halogens is 3. The lowest BCUT2D eigenvalue weighted by atomic mass is 10.2. The van der Waals surface area contributed by atoms with E-state index >= 15 is 0 Å². The van der Waals surface area contributed by atoms with E-state index in [1.165, 1.54) is 0 Å². The van der Waals surface area contributed by atoms with Crippen molar-refractivity contribution in [1.29, 1.82) is 0 Å². The zero-order chi connectivity index (χ0) is 20.1. The Labute approximate surface area is 194 Å². The molecule has 0 aliphatic rings. The largest absolute Gasteiger partial charge is 0.460 e. The monoisotopic (exact) mass is 481 g/mol. The summed E-state index contributed by atoms with van der Waals surface area (Å²) in [6.07, 6.45) is 0. The van der Waals surface area contributed by atoms with Crippen LogP contribution in [0.1, 0.15) is 5.76 Å². The van der Waals surface area contributed by atoms with E-state index in [2.05, 4.69) is 20.8 Å². The van der Waals surface area contributed by atoms with Crippen molar-refractivity contribution in [3.63, 3.8) is 0 Å². The summed E-state index contributed by atoms with van der Waals surface area (Å²) >= 11 is 13.7. The number of hydrogen-bond acceptors (Lipinski definition) is 6. The van der Waals surface area contributed by atoms with Crippen molar-refractivity contribution in [3.8, 4) is 17.0 Å². The zero-order valence-corrected chi connectivity index (χ0v) is 18.8. The summed E-state index contributed by atoms with van der Waals surface area (Å²) in [4.78, 5) is 0. The number of hydrogen-bond donors (Lipinski definition) is 1. The smallest absolute Gasteiger partial charge is 0.214 e. The fourth-order valence-electron chi connectivity index (χ4n) is 2.75. The van der Waals surface area contributed by atoms with E-state index < -0.39 is 0 Å². The van der Waals surface area contributed by atoms with E-state index in [1.54, 1.807) is 22.5 Å². The van der Waals surface area contributed by atoms with E-state index in [9.17, 15) is 0 Å². The molecule has 0 radical (unpaired) electrons. The average molecular weight is 483 g/mol. The van der Waals surface area contributed by atoms with E-state index in [0.717, 1.165) is 40.2 Å². The third kappa shape index (κ3) is 5.77. The average Bonchev–Trinajstić information content (AvgIpc) is 3.37. The molecule has 1 N–H and O–H groups in total. The summed E-state index contributed by atoms with van der Waals surface area (Å²) < 4.78 is 7.62. The van der Waals surface area contributed by atoms with E-state index in [4.69, 9.17) is 27.6 Å². The first-order valence-corrected chi connectivity index (χ1v) is 10.7. The van der Waals surface area contributed by atoms with Crippen molar-refractivity contribution in [2.24, 2.45) is 0 Å². The lowest BCUT2D eigenvalue weighted by Gasteiger charge is -2.05. The minimum atomic E-state index is 0. The van der Waals surface area contributed by atoms with Gasteiger partial charge in [-0.25, -0.2) is 0 Å². The molecule has 6 nitrogen and oxygen atoms in total. The van der Waals surface area contributed by atoms with Crippen molar-refractivity contribution < 1.29 is 4.42 Å². The molecule has 0 saturated carbocycles. The molecule has 2 aromatic heterocycles. The standard InChI is InChI=1S/C20H17Cl2N5OS.ClH/c21-15-10-14(11-16(22)12-15)19-7-6-18(28-19)13-23-8-9-29-20-24-25-26-27(20)17-4-2-1-3-5-17;/h1-7,10-12,23H,8-9,13H2;1H. The Hall–Kier alpha value is -2.03. The number of thioether (sulfide) groups is 1. The number of nitrogens with zero attached hydrogens (tertiary/aromatic N) is 4. The molecule has 2 aromatic carbocycles. The van der Waals surface area contributed by atoms with Crippen LogP contribution >= 0.6 is 47.4 Å². The van der Waals surface area contributed by atoms with Crippen LogP contribution in [0.4, 0.5) is 0 Å². The maximum atomic E-state index is 6.06. The van der Waals surface area contributed by atoms with Crippen LogP contribution in [-0.2, 0) is 6.54 Å². The highest BCUT2D eigenvalue weighted by Gasteiger charge is 2.09. The maximum Gasteiger partial charge on any atom is 0.214 e. The van der Waals surface area contributed by atoms with Gasteiger partial charge in [-0.3, -0.25) is 0 Å². The minimum absolute atomic E-state index is 0. The highest BCUT2D eigenvalue weighted by atomic mass is 35.5. The SMILES string of the molecule is Cl.Clc1cc(Cl)cc(-c2ccc(CNCCSc3nnnn3-c3ccccc3)o2)c1. The molecule has 0 fully saturated rings. The van der Waals surface area contributed by atoms with Gasteiger partial charge in [-0.15, -0.1) is 17.5 Å². The van der Waals surface area contributed by atoms with Crippen LogP contribution in [0.25, 0.3) is 17.0 Å². The van der Waals surface area contributed by atoms with Gasteiger partial charge in [0, 0.05) is 27.9 Å². The molecule has 0 aliphatic heterocycles. The Morgan fingerprint density at radius 2 is 1.77 bits per heavy atom. The van der Waals surface area contributed by atoms with Crippen LogP contribution in [0, 0.1) is 0 Å². The second-order valence-electron chi connectivity index (χ2n) is 6.16. The molecular weight excluding hydrogens is 465 g/mol. The van der Waals surface area contributed by atoms with Crippen LogP contribution in [-0.4, -0.2) is 32.5 Å². The first-order chi connectivity index (χ1) is 14.2. The van der Waals surface area contributed by atoms with Gasteiger partial charge in [0.1, 0.15) is 11.5 Å². The Balaban J connectivity index is 0.00000256. The Kier molecular flexibility index (Phi) is 8.18. The van der Waals surface area contributed by atoms with Crippen molar-refractivity contribution >= 4 is 47.4 Å². The predicted octanol–water partition coefficient (Wildman–Crippen LogP) is 5.53. The molecule has 2 heterocycles. The molecule has 4 aromatic rings. The Morgan fingerprint density at radius 3 is 2.53 bits per heavy atom. The fraction of sp³-hybridized carbons (Fsp3) is 0.150. The molecule has 30 heavy (non-hydrogen) atoms. The molecule has 0 saturated heterocycles. The molecule has 156 valence electrons. The third-order valence-electron chi connectivity index (χ3n) is 4.06. The third-order valence-corrected chi connectivity index (χ3v) is 5.42. The van der Waals surface area contributed by atoms with Crippen LogP contribution in [0.3, 0.4) is 0 Å². The van der Waals surface area contributed by atoms with Gasteiger partial charge in [0.05, 0.1) is 12.2 Å². The molecule has 0 spiro atoms. The van der Waals surface area contributed by atoms with Gasteiger partial charge in [0.25, 0.3) is 0 Å². The number of benzene rings is 2. The number of furan rings is 1. The summed E-state index contributed by atoms with van der Waals surface area (Å²) in [7, 11) is 0. The first-order valence-electron chi connectivity index (χ1n) is 8.91. The molecule has 0 bridgehead atoms. The van der Waals surface area contributed by atoms with Crippen molar-refractivity contribution in [3.05, 3.63) is 76.5 Å². The summed E-state index contributed by atoms with van der Waals surface area (Å²) in [6.45, 7) is 1.41. The number of para-hydroxylation sites is 1. The second kappa shape index (κ2) is 10.8. The number of tetrazole rings is 1. The highest BCUT2D eigenvalue weighted by Crippen LogP contribution is 2.28. The molecule has 4 rings (SSSR count). The number of nitrogens with one attached hydrogen (secondary N) is 1. The predicted molar refractivity (Wildman–Crippen MR) is 123 cm³/mol. The molecule has 0 unspecified atom stereocenters. The quantitative estimate of drug-likeness (QED) is 0.263. The Morgan fingerprint density at radius 1 is 1.00 bits per heavy atom. The normalized spacial score (nSPS) is 10.7. The molecule has 10 heteroatoms. The molecule has 0 aliphatic carbocycles. The fourth-order valence-corrected chi connectivity index (χ4v) is 4.06. The van der Waals surface area contributed by atoms with Crippen molar-refractivity contribution in [1.82, 2.24) is 25.5 Å². The van der Waals surface area contributed by atoms with E-state index in [1.807, 2.05) is 54.6 Å². The molecule has 0 amide bonds. The van der Waals surface area contributed by atoms with Gasteiger partial charge < -0.3 is 9.73 Å². The van der Waals surface area contributed by atoms with Crippen LogP contribution in [0.15, 0.2) is 70.2 Å². The van der Waals surface area contributed by atoms with E-state index in [-0.39, 0.29) is 12.4 Å². The minimum Gasteiger partial charge on any atom is -0.460 e. The Bertz CT molecular complexity index is 1070. The number of aromatic nitrogens is 4. The van der Waals surface area contributed by atoms with Crippen molar-refractivity contribution in [2.45, 2.75) is 11.7 Å². The van der Waals surface area contributed by atoms with Gasteiger partial charge in [0.2, 0.25) is 5.16 Å². The van der Waals surface area contributed by atoms with Crippen molar-refractivity contribution in [2.75, 3.05) is 12.3 Å². The van der Waals surface area contributed by atoms with Gasteiger partial charge in [-0.05, 0) is 52.9 Å². The topological polar surface area (TPSA) is 68.8 Å². The van der Waals surface area contributed by atoms with Gasteiger partial charge in [-0.1, -0.05) is 53.2 Å². The van der Waals surface area contributed by atoms with Gasteiger partial charge >= 0.3 is 0 Å². The van der Waals surface area contributed by atoms with Crippen LogP contribution in [0.5, 0.6) is 0 Å². The summed E-state index contributed by atoms with van der Waals surface area (Å²) in [5.74, 6) is 2.41. The maximum absolute atomic E-state index is 6.06. The lowest BCUT2D eigenvalue weighted by Crippen LogP contribution is -2.16. The van der Waals surface area contributed by atoms with Crippen LogP contribution < -0.4 is 5.32 Å². The lowest BCUT2D eigenvalue weighted by molar-refractivity contribution is 0.499. The first kappa shape index (κ1) is 22.7.